The fraction of sp³-hybridized carbons (Fsp3) is 0.250. The monoisotopic (exact) mass is 320 g/mol. The molecule has 0 bridgehead atoms. The van der Waals surface area contributed by atoms with Gasteiger partial charge in [-0.15, -0.1) is 0 Å². The van der Waals surface area contributed by atoms with Gasteiger partial charge in [-0.3, -0.25) is 9.59 Å². The van der Waals surface area contributed by atoms with E-state index in [2.05, 4.69) is 0 Å². The van der Waals surface area contributed by atoms with Gasteiger partial charge in [0.1, 0.15) is 18.9 Å². The zero-order chi connectivity index (χ0) is 15.9. The van der Waals surface area contributed by atoms with Crippen LogP contribution in [0.4, 0.5) is 0 Å². The molecule has 1 aromatic heterocycles. The number of rotatable bonds is 6. The normalized spacial score (nSPS) is 10.3. The molecule has 1 amide bonds. The Morgan fingerprint density at radius 3 is 2.64 bits per heavy atom. The van der Waals surface area contributed by atoms with E-state index < -0.39 is 0 Å². The van der Waals surface area contributed by atoms with Crippen molar-refractivity contribution in [1.82, 2.24) is 9.47 Å². The zero-order valence-electron chi connectivity index (χ0n) is 12.2. The standard InChI is InChI=1S/C16H17ClN2O3/c1-18(10-11-22-14-7-5-13(17)6-8-14)16(21)12-19-9-3-2-4-15(19)20/h2-9H,10-12H2,1H3. The van der Waals surface area contributed by atoms with E-state index in [1.807, 2.05) is 0 Å². The average molecular weight is 321 g/mol. The summed E-state index contributed by atoms with van der Waals surface area (Å²) in [6.45, 7) is 0.827. The van der Waals surface area contributed by atoms with Crippen molar-refractivity contribution in [3.8, 4) is 5.75 Å². The summed E-state index contributed by atoms with van der Waals surface area (Å²) in [6.07, 6.45) is 1.60. The highest BCUT2D eigenvalue weighted by Gasteiger charge is 2.10. The van der Waals surface area contributed by atoms with E-state index in [0.717, 1.165) is 0 Å². The predicted molar refractivity (Wildman–Crippen MR) is 85.3 cm³/mol. The van der Waals surface area contributed by atoms with E-state index in [4.69, 9.17) is 16.3 Å². The predicted octanol–water partition coefficient (Wildman–Crippen LogP) is 2.04. The van der Waals surface area contributed by atoms with Crippen LogP contribution < -0.4 is 10.3 Å². The maximum Gasteiger partial charge on any atom is 0.250 e. The third kappa shape index (κ3) is 4.63. The SMILES string of the molecule is CN(CCOc1ccc(Cl)cc1)C(=O)Cn1ccccc1=O. The molecule has 6 heteroatoms. The van der Waals surface area contributed by atoms with Gasteiger partial charge < -0.3 is 14.2 Å². The molecule has 0 saturated heterocycles. The summed E-state index contributed by atoms with van der Waals surface area (Å²) < 4.78 is 6.91. The number of benzene rings is 1. The summed E-state index contributed by atoms with van der Waals surface area (Å²) in [4.78, 5) is 25.1. The van der Waals surface area contributed by atoms with Crippen molar-refractivity contribution in [3.05, 3.63) is 64.0 Å². The van der Waals surface area contributed by atoms with E-state index >= 15 is 0 Å². The van der Waals surface area contributed by atoms with Gasteiger partial charge in [0, 0.05) is 24.3 Å². The molecule has 1 aromatic carbocycles. The molecule has 0 atom stereocenters. The van der Waals surface area contributed by atoms with Crippen molar-refractivity contribution in [2.45, 2.75) is 6.54 Å². The fourth-order valence-electron chi connectivity index (χ4n) is 1.81. The quantitative estimate of drug-likeness (QED) is 0.818. The van der Waals surface area contributed by atoms with E-state index in [1.54, 1.807) is 49.6 Å². The lowest BCUT2D eigenvalue weighted by atomic mass is 10.3. The molecule has 5 nitrogen and oxygen atoms in total. The highest BCUT2D eigenvalue weighted by atomic mass is 35.5. The van der Waals surface area contributed by atoms with Gasteiger partial charge in [-0.1, -0.05) is 17.7 Å². The third-order valence-electron chi connectivity index (χ3n) is 3.14. The second kappa shape index (κ2) is 7.66. The van der Waals surface area contributed by atoms with Crippen molar-refractivity contribution in [1.29, 1.82) is 0 Å². The highest BCUT2D eigenvalue weighted by molar-refractivity contribution is 6.30. The zero-order valence-corrected chi connectivity index (χ0v) is 13.0. The molecule has 0 radical (unpaired) electrons. The molecule has 2 rings (SSSR count). The fourth-order valence-corrected chi connectivity index (χ4v) is 1.94. The van der Waals surface area contributed by atoms with Crippen molar-refractivity contribution < 1.29 is 9.53 Å². The van der Waals surface area contributed by atoms with Crippen LogP contribution in [0, 0.1) is 0 Å². The van der Waals surface area contributed by atoms with Gasteiger partial charge in [0.2, 0.25) is 5.91 Å². The van der Waals surface area contributed by atoms with Gasteiger partial charge in [-0.25, -0.2) is 0 Å². The van der Waals surface area contributed by atoms with Crippen molar-refractivity contribution in [2.24, 2.45) is 0 Å². The number of carbonyl (C=O) groups is 1. The van der Waals surface area contributed by atoms with Crippen LogP contribution in [0.15, 0.2) is 53.5 Å². The first-order chi connectivity index (χ1) is 10.6. The van der Waals surface area contributed by atoms with Crippen LogP contribution in [-0.4, -0.2) is 35.6 Å². The van der Waals surface area contributed by atoms with Crippen LogP contribution in [0.3, 0.4) is 0 Å². The van der Waals surface area contributed by atoms with Gasteiger partial charge in [0.15, 0.2) is 0 Å². The number of ether oxygens (including phenoxy) is 1. The topological polar surface area (TPSA) is 51.5 Å². The number of likely N-dealkylation sites (N-methyl/N-ethyl adjacent to an activating group) is 1. The summed E-state index contributed by atoms with van der Waals surface area (Å²) in [5.74, 6) is 0.553. The van der Waals surface area contributed by atoms with Gasteiger partial charge >= 0.3 is 0 Å². The lowest BCUT2D eigenvalue weighted by Crippen LogP contribution is -2.35. The Kier molecular flexibility index (Phi) is 5.61. The molecule has 0 N–H and O–H groups in total. The Labute approximate surface area is 133 Å². The van der Waals surface area contributed by atoms with E-state index in [-0.39, 0.29) is 18.0 Å². The van der Waals surface area contributed by atoms with Crippen LogP contribution in [-0.2, 0) is 11.3 Å². The Morgan fingerprint density at radius 1 is 1.23 bits per heavy atom. The van der Waals surface area contributed by atoms with Crippen LogP contribution in [0.1, 0.15) is 0 Å². The van der Waals surface area contributed by atoms with Gasteiger partial charge in [-0.2, -0.15) is 0 Å². The Hall–Kier alpha value is -2.27. The molecule has 0 saturated carbocycles. The molecule has 0 aliphatic carbocycles. The number of aromatic nitrogens is 1. The second-order valence-corrected chi connectivity index (χ2v) is 5.22. The molecule has 0 spiro atoms. The summed E-state index contributed by atoms with van der Waals surface area (Å²) in [7, 11) is 1.68. The molecule has 116 valence electrons. The molecule has 1 heterocycles. The summed E-state index contributed by atoms with van der Waals surface area (Å²) in [5, 5.41) is 0.646. The maximum absolute atomic E-state index is 12.0. The minimum absolute atomic E-state index is 0.0249. The van der Waals surface area contributed by atoms with Crippen LogP contribution in [0.5, 0.6) is 5.75 Å². The van der Waals surface area contributed by atoms with Crippen LogP contribution in [0.25, 0.3) is 0 Å². The first kappa shape index (κ1) is 16.1. The lowest BCUT2D eigenvalue weighted by molar-refractivity contribution is -0.130. The number of nitrogens with zero attached hydrogens (tertiary/aromatic N) is 2. The molecule has 0 unspecified atom stereocenters. The molecular formula is C16H17ClN2O3. The summed E-state index contributed by atoms with van der Waals surface area (Å²) in [5.41, 5.74) is -0.193. The molecule has 2 aromatic rings. The average Bonchev–Trinajstić information content (AvgIpc) is 2.51. The van der Waals surface area contributed by atoms with Crippen molar-refractivity contribution in [3.63, 3.8) is 0 Å². The minimum atomic E-state index is -0.193. The molecule has 0 aliphatic heterocycles. The number of halogens is 1. The molecule has 22 heavy (non-hydrogen) atoms. The summed E-state index contributed by atoms with van der Waals surface area (Å²) in [6, 6.07) is 11.8. The number of amides is 1. The molecular weight excluding hydrogens is 304 g/mol. The maximum atomic E-state index is 12.0. The largest absolute Gasteiger partial charge is 0.492 e. The van der Waals surface area contributed by atoms with Gasteiger partial charge in [0.25, 0.3) is 5.56 Å². The number of pyridine rings is 1. The highest BCUT2D eigenvalue weighted by Crippen LogP contribution is 2.15. The van der Waals surface area contributed by atoms with Crippen molar-refractivity contribution in [2.75, 3.05) is 20.2 Å². The van der Waals surface area contributed by atoms with E-state index in [9.17, 15) is 9.59 Å². The Balaban J connectivity index is 1.80. The Bertz CT molecular complexity index is 682. The summed E-state index contributed by atoms with van der Waals surface area (Å²) >= 11 is 5.79. The Morgan fingerprint density at radius 2 is 1.95 bits per heavy atom. The van der Waals surface area contributed by atoms with Crippen molar-refractivity contribution >= 4 is 17.5 Å². The van der Waals surface area contributed by atoms with Gasteiger partial charge in [0.05, 0.1) is 6.54 Å². The van der Waals surface area contributed by atoms with E-state index in [1.165, 1.54) is 15.5 Å². The van der Waals surface area contributed by atoms with E-state index in [0.29, 0.717) is 23.9 Å². The number of carbonyl (C=O) groups excluding carboxylic acids is 1. The van der Waals surface area contributed by atoms with Gasteiger partial charge in [-0.05, 0) is 30.3 Å². The minimum Gasteiger partial charge on any atom is -0.492 e. The number of hydrogen-bond donors (Lipinski definition) is 0. The number of hydrogen-bond acceptors (Lipinski definition) is 3. The first-order valence-corrected chi connectivity index (χ1v) is 7.22. The van der Waals surface area contributed by atoms with Crippen LogP contribution in [0.2, 0.25) is 5.02 Å². The first-order valence-electron chi connectivity index (χ1n) is 6.84. The third-order valence-corrected chi connectivity index (χ3v) is 3.39. The van der Waals surface area contributed by atoms with Crippen LogP contribution >= 0.6 is 11.6 Å². The lowest BCUT2D eigenvalue weighted by Gasteiger charge is -2.18. The smallest absolute Gasteiger partial charge is 0.250 e. The second-order valence-electron chi connectivity index (χ2n) is 4.78. The molecule has 0 aliphatic rings. The molecule has 0 fully saturated rings.